The van der Waals surface area contributed by atoms with Crippen LogP contribution in [0.4, 0.5) is 0 Å². The van der Waals surface area contributed by atoms with Gasteiger partial charge in [-0.1, -0.05) is 12.8 Å². The van der Waals surface area contributed by atoms with E-state index in [0.717, 1.165) is 32.1 Å². The summed E-state index contributed by atoms with van der Waals surface area (Å²) >= 11 is 0. The molecule has 0 spiro atoms. The average molecular weight is 241 g/mol. The van der Waals surface area contributed by atoms with Crippen molar-refractivity contribution in [2.24, 2.45) is 0 Å². The van der Waals surface area contributed by atoms with Crippen LogP contribution in [-0.4, -0.2) is 47.8 Å². The molecule has 2 aliphatic rings. The maximum absolute atomic E-state index is 11.5. The number of esters is 1. The van der Waals surface area contributed by atoms with Gasteiger partial charge in [-0.15, -0.1) is 0 Å². The fraction of sp³-hybridized carbons (Fsp3) is 0.923. The molecule has 2 aliphatic carbocycles. The Morgan fingerprint density at radius 3 is 2.47 bits per heavy atom. The second-order valence-corrected chi connectivity index (χ2v) is 5.25. The Hall–Kier alpha value is -0.610. The minimum atomic E-state index is -0.264. The molecular weight excluding hydrogens is 218 g/mol. The third-order valence-electron chi connectivity index (χ3n) is 4.20. The van der Waals surface area contributed by atoms with Gasteiger partial charge >= 0.3 is 5.97 Å². The number of rotatable bonds is 4. The van der Waals surface area contributed by atoms with Crippen molar-refractivity contribution in [1.29, 1.82) is 0 Å². The number of aliphatic hydroxyl groups excluding tert-OH is 1. The predicted octanol–water partition coefficient (Wildman–Crippen LogP) is 1.32. The van der Waals surface area contributed by atoms with Gasteiger partial charge in [-0.05, 0) is 32.1 Å². The summed E-state index contributed by atoms with van der Waals surface area (Å²) in [6.07, 6.45) is 7.47. The summed E-state index contributed by atoms with van der Waals surface area (Å²) in [4.78, 5) is 13.7. The van der Waals surface area contributed by atoms with Gasteiger partial charge in [-0.25, -0.2) is 0 Å². The summed E-state index contributed by atoms with van der Waals surface area (Å²) in [7, 11) is 1.43. The van der Waals surface area contributed by atoms with Crippen molar-refractivity contribution in [3.63, 3.8) is 0 Å². The van der Waals surface area contributed by atoms with Crippen LogP contribution in [0.5, 0.6) is 0 Å². The third kappa shape index (κ3) is 2.99. The van der Waals surface area contributed by atoms with Crippen molar-refractivity contribution in [1.82, 2.24) is 4.90 Å². The quantitative estimate of drug-likeness (QED) is 0.754. The van der Waals surface area contributed by atoms with E-state index in [0.29, 0.717) is 12.6 Å². The summed E-state index contributed by atoms with van der Waals surface area (Å²) in [6.45, 7) is 0.336. The summed E-state index contributed by atoms with van der Waals surface area (Å²) < 4.78 is 4.77. The van der Waals surface area contributed by atoms with E-state index in [9.17, 15) is 9.90 Å². The molecule has 4 nitrogen and oxygen atoms in total. The molecule has 0 aliphatic heterocycles. The molecule has 0 bridgehead atoms. The molecule has 4 heteroatoms. The van der Waals surface area contributed by atoms with E-state index < -0.39 is 0 Å². The van der Waals surface area contributed by atoms with E-state index in [1.54, 1.807) is 0 Å². The second kappa shape index (κ2) is 5.83. The van der Waals surface area contributed by atoms with Gasteiger partial charge in [0.1, 0.15) is 0 Å². The summed E-state index contributed by atoms with van der Waals surface area (Å²) in [5.41, 5.74) is 0. The molecule has 0 aromatic heterocycles. The van der Waals surface area contributed by atoms with E-state index in [2.05, 4.69) is 4.90 Å². The number of hydrogen-bond donors (Lipinski definition) is 1. The molecule has 0 heterocycles. The topological polar surface area (TPSA) is 49.8 Å². The van der Waals surface area contributed by atoms with Gasteiger partial charge in [-0.2, -0.15) is 0 Å². The number of hydrogen-bond acceptors (Lipinski definition) is 4. The van der Waals surface area contributed by atoms with Crippen LogP contribution in [0.3, 0.4) is 0 Å². The van der Waals surface area contributed by atoms with Crippen molar-refractivity contribution < 1.29 is 14.6 Å². The lowest BCUT2D eigenvalue weighted by Gasteiger charge is -2.35. The highest BCUT2D eigenvalue weighted by Crippen LogP contribution is 2.31. The van der Waals surface area contributed by atoms with Crippen molar-refractivity contribution >= 4 is 5.97 Å². The molecule has 2 fully saturated rings. The van der Waals surface area contributed by atoms with Gasteiger partial charge in [0.15, 0.2) is 0 Å². The Kier molecular flexibility index (Phi) is 4.40. The zero-order chi connectivity index (χ0) is 12.3. The number of nitrogens with zero attached hydrogens (tertiary/aromatic N) is 1. The third-order valence-corrected chi connectivity index (χ3v) is 4.20. The van der Waals surface area contributed by atoms with E-state index in [4.69, 9.17) is 4.74 Å². The molecule has 98 valence electrons. The van der Waals surface area contributed by atoms with E-state index in [1.807, 2.05) is 0 Å². The molecule has 2 saturated carbocycles. The van der Waals surface area contributed by atoms with Crippen molar-refractivity contribution in [2.75, 3.05) is 13.7 Å². The molecule has 2 rings (SSSR count). The van der Waals surface area contributed by atoms with Gasteiger partial charge in [-0.3, -0.25) is 9.69 Å². The summed E-state index contributed by atoms with van der Waals surface area (Å²) in [5, 5.41) is 10.0. The molecule has 0 aromatic rings. The van der Waals surface area contributed by atoms with Gasteiger partial charge in [0.25, 0.3) is 0 Å². The molecule has 2 atom stereocenters. The van der Waals surface area contributed by atoms with Crippen LogP contribution in [0.1, 0.15) is 44.9 Å². The first-order chi connectivity index (χ1) is 8.22. The Bertz CT molecular complexity index is 263. The smallest absolute Gasteiger partial charge is 0.319 e. The molecule has 0 saturated heterocycles. The fourth-order valence-electron chi connectivity index (χ4n) is 3.27. The second-order valence-electron chi connectivity index (χ2n) is 5.25. The van der Waals surface area contributed by atoms with Crippen molar-refractivity contribution in [3.8, 4) is 0 Å². The number of aliphatic hydroxyl groups is 1. The van der Waals surface area contributed by atoms with Crippen LogP contribution in [0.15, 0.2) is 0 Å². The van der Waals surface area contributed by atoms with Crippen molar-refractivity contribution in [3.05, 3.63) is 0 Å². The lowest BCUT2D eigenvalue weighted by atomic mass is 10.1. The first-order valence-electron chi connectivity index (χ1n) is 6.73. The van der Waals surface area contributed by atoms with Crippen LogP contribution in [0.2, 0.25) is 0 Å². The molecule has 1 N–H and O–H groups in total. The lowest BCUT2D eigenvalue weighted by Crippen LogP contribution is -2.48. The standard InChI is InChI=1S/C13H23NO3/c1-17-13(16)9-14(10-5-2-3-6-10)11-7-4-8-12(11)15/h10-12,15H,2-9H2,1H3. The number of ether oxygens (including phenoxy) is 1. The van der Waals surface area contributed by atoms with Crippen LogP contribution < -0.4 is 0 Å². The molecule has 0 aromatic carbocycles. The normalized spacial score (nSPS) is 30.1. The molecular formula is C13H23NO3. The highest BCUT2D eigenvalue weighted by Gasteiger charge is 2.36. The van der Waals surface area contributed by atoms with Crippen LogP contribution in [0, 0.1) is 0 Å². The van der Waals surface area contributed by atoms with Crippen LogP contribution in [0.25, 0.3) is 0 Å². The number of carbonyl (C=O) groups is 1. The van der Waals surface area contributed by atoms with Crippen LogP contribution >= 0.6 is 0 Å². The maximum atomic E-state index is 11.5. The largest absolute Gasteiger partial charge is 0.468 e. The average Bonchev–Trinajstić information content (AvgIpc) is 2.97. The monoisotopic (exact) mass is 241 g/mol. The Morgan fingerprint density at radius 1 is 1.24 bits per heavy atom. The Morgan fingerprint density at radius 2 is 1.94 bits per heavy atom. The summed E-state index contributed by atoms with van der Waals surface area (Å²) in [6, 6.07) is 0.629. The fourth-order valence-corrected chi connectivity index (χ4v) is 3.27. The van der Waals surface area contributed by atoms with E-state index in [1.165, 1.54) is 20.0 Å². The Balaban J connectivity index is 2.02. The first-order valence-corrected chi connectivity index (χ1v) is 6.73. The molecule has 17 heavy (non-hydrogen) atoms. The molecule has 0 radical (unpaired) electrons. The van der Waals surface area contributed by atoms with Crippen LogP contribution in [-0.2, 0) is 9.53 Å². The predicted molar refractivity (Wildman–Crippen MR) is 64.6 cm³/mol. The van der Waals surface area contributed by atoms with E-state index in [-0.39, 0.29) is 18.1 Å². The highest BCUT2D eigenvalue weighted by atomic mass is 16.5. The zero-order valence-electron chi connectivity index (χ0n) is 10.6. The minimum Gasteiger partial charge on any atom is -0.468 e. The van der Waals surface area contributed by atoms with Gasteiger partial charge in [0.05, 0.1) is 19.8 Å². The highest BCUT2D eigenvalue weighted by molar-refractivity contribution is 5.71. The SMILES string of the molecule is COC(=O)CN(C1CCCC1)C1CCCC1O. The van der Waals surface area contributed by atoms with Gasteiger partial charge < -0.3 is 9.84 Å². The minimum absolute atomic E-state index is 0.164. The van der Waals surface area contributed by atoms with Crippen molar-refractivity contribution in [2.45, 2.75) is 63.1 Å². The molecule has 0 amide bonds. The lowest BCUT2D eigenvalue weighted by molar-refractivity contribution is -0.143. The van der Waals surface area contributed by atoms with E-state index >= 15 is 0 Å². The number of methoxy groups -OCH3 is 1. The maximum Gasteiger partial charge on any atom is 0.319 e. The first kappa shape index (κ1) is 12.8. The number of carbonyl (C=O) groups excluding carboxylic acids is 1. The zero-order valence-corrected chi connectivity index (χ0v) is 10.6. The molecule has 2 unspecified atom stereocenters. The Labute approximate surface area is 103 Å². The van der Waals surface area contributed by atoms with Gasteiger partial charge in [0.2, 0.25) is 0 Å². The van der Waals surface area contributed by atoms with Gasteiger partial charge in [0, 0.05) is 12.1 Å². The summed E-state index contributed by atoms with van der Waals surface area (Å²) in [5.74, 6) is -0.184.